The average molecular weight is 607 g/mol. The van der Waals surface area contributed by atoms with Gasteiger partial charge in [0.15, 0.2) is 11.5 Å². The zero-order valence-corrected chi connectivity index (χ0v) is 25.3. The summed E-state index contributed by atoms with van der Waals surface area (Å²) in [5, 5.41) is 14.1. The third kappa shape index (κ3) is 5.71. The lowest BCUT2D eigenvalue weighted by Crippen LogP contribution is -2.41. The second-order valence-corrected chi connectivity index (χ2v) is 10.9. The molecule has 1 aromatic heterocycles. The van der Waals surface area contributed by atoms with Crippen molar-refractivity contribution in [3.63, 3.8) is 0 Å². The van der Waals surface area contributed by atoms with Crippen LogP contribution in [0.3, 0.4) is 0 Å². The van der Waals surface area contributed by atoms with Gasteiger partial charge in [0.05, 0.1) is 30.1 Å². The van der Waals surface area contributed by atoms with E-state index in [0.717, 1.165) is 49.6 Å². The molecule has 0 atom stereocenters. The van der Waals surface area contributed by atoms with E-state index in [1.807, 2.05) is 95.6 Å². The molecule has 45 heavy (non-hydrogen) atoms. The van der Waals surface area contributed by atoms with Crippen molar-refractivity contribution < 1.29 is 0 Å². The van der Waals surface area contributed by atoms with Crippen LogP contribution in [0, 0.1) is 5.41 Å². The first-order valence-electron chi connectivity index (χ1n) is 14.5. The Morgan fingerprint density at radius 2 is 1.47 bits per heavy atom. The summed E-state index contributed by atoms with van der Waals surface area (Å²) in [6, 6.07) is 40.4. The number of fused-ring (bicyclic) bond motifs is 3. The first kappa shape index (κ1) is 29.5. The number of para-hydroxylation sites is 1. The first-order chi connectivity index (χ1) is 22.1. The van der Waals surface area contributed by atoms with Crippen LogP contribution in [0.1, 0.15) is 16.7 Å². The van der Waals surface area contributed by atoms with E-state index < -0.39 is 5.66 Å². The lowest BCUT2D eigenvalue weighted by Gasteiger charge is -2.30. The largest absolute Gasteiger partial charge is 0.345 e. The molecule has 0 spiro atoms. The number of hydrogen-bond donors (Lipinski definition) is 2. The lowest BCUT2D eigenvalue weighted by molar-refractivity contribution is 0.512. The molecule has 0 unspecified atom stereocenters. The van der Waals surface area contributed by atoms with E-state index in [-0.39, 0.29) is 0 Å². The van der Waals surface area contributed by atoms with Crippen LogP contribution in [-0.4, -0.2) is 29.7 Å². The molecule has 0 fully saturated rings. The summed E-state index contributed by atoms with van der Waals surface area (Å²) in [6.07, 6.45) is 4.40. The van der Waals surface area contributed by atoms with Gasteiger partial charge in [-0.05, 0) is 59.8 Å². The minimum atomic E-state index is -0.881. The van der Waals surface area contributed by atoms with Crippen LogP contribution in [0.25, 0.3) is 32.9 Å². The molecule has 7 heteroatoms. The second kappa shape index (κ2) is 13.0. The van der Waals surface area contributed by atoms with Crippen molar-refractivity contribution in [3.05, 3.63) is 156 Å². The highest BCUT2D eigenvalue weighted by molar-refractivity contribution is 6.34. The SMILES string of the molecule is C=CN=C(C=N)n1c2ccccc2c2cc(-c3cc(Cl)cc(CN=CNC(N=C)(c4ccccc4)c4ccccc4)c3)ccc21. The van der Waals surface area contributed by atoms with Crippen molar-refractivity contribution in [1.29, 1.82) is 5.41 Å². The Bertz CT molecular complexity index is 2040. The van der Waals surface area contributed by atoms with Crippen LogP contribution < -0.4 is 5.32 Å². The molecule has 0 saturated heterocycles. The molecule has 6 aromatic rings. The zero-order chi connectivity index (χ0) is 31.2. The van der Waals surface area contributed by atoms with Gasteiger partial charge in [-0.2, -0.15) is 0 Å². The Morgan fingerprint density at radius 3 is 2.13 bits per heavy atom. The van der Waals surface area contributed by atoms with E-state index in [9.17, 15) is 0 Å². The van der Waals surface area contributed by atoms with Gasteiger partial charge >= 0.3 is 0 Å². The minimum Gasteiger partial charge on any atom is -0.345 e. The fourth-order valence-electron chi connectivity index (χ4n) is 5.77. The lowest BCUT2D eigenvalue weighted by atomic mass is 9.92. The highest BCUT2D eigenvalue weighted by Gasteiger charge is 2.31. The van der Waals surface area contributed by atoms with E-state index in [1.165, 1.54) is 12.4 Å². The maximum absolute atomic E-state index is 7.95. The molecule has 0 radical (unpaired) electrons. The van der Waals surface area contributed by atoms with Crippen LogP contribution >= 0.6 is 11.6 Å². The summed E-state index contributed by atoms with van der Waals surface area (Å²) in [5.41, 5.74) is 5.95. The van der Waals surface area contributed by atoms with Gasteiger partial charge in [0.2, 0.25) is 0 Å². The van der Waals surface area contributed by atoms with Crippen LogP contribution in [0.2, 0.25) is 5.02 Å². The number of nitrogens with one attached hydrogen (secondary N) is 2. The Morgan fingerprint density at radius 1 is 0.800 bits per heavy atom. The predicted octanol–water partition coefficient (Wildman–Crippen LogP) is 8.87. The fraction of sp³-hybridized carbons (Fsp3) is 0.0526. The molecule has 1 heterocycles. The van der Waals surface area contributed by atoms with Gasteiger partial charge in [0.1, 0.15) is 0 Å². The molecule has 0 bridgehead atoms. The highest BCUT2D eigenvalue weighted by Crippen LogP contribution is 2.34. The number of aromatic nitrogens is 1. The molecule has 220 valence electrons. The van der Waals surface area contributed by atoms with Gasteiger partial charge in [0, 0.05) is 33.1 Å². The first-order valence-corrected chi connectivity index (χ1v) is 14.8. The molecule has 0 aliphatic rings. The Kier molecular flexibility index (Phi) is 8.49. The van der Waals surface area contributed by atoms with E-state index in [0.29, 0.717) is 17.4 Å². The molecule has 0 aliphatic heterocycles. The summed E-state index contributed by atoms with van der Waals surface area (Å²) in [5.74, 6) is 0.496. The quantitative estimate of drug-likeness (QED) is 0.119. The van der Waals surface area contributed by atoms with Gasteiger partial charge in [-0.3, -0.25) is 14.6 Å². The standard InChI is InChI=1S/C38H31ClN6/c1-3-43-37(24-40)45-35-17-11-10-16-33(35)34-23-28(18-19-36(34)45)29-20-27(21-32(39)22-29)25-42-26-44-38(41-2,30-12-6-4-7-13-30)31-14-8-5-9-15-31/h3-24,26,40H,1-2,25H2,(H,42,44). The number of halogens is 1. The number of rotatable bonds is 10. The van der Waals surface area contributed by atoms with E-state index in [4.69, 9.17) is 22.0 Å². The Balaban J connectivity index is 1.32. The topological polar surface area (TPSA) is 77.9 Å². The summed E-state index contributed by atoms with van der Waals surface area (Å²) in [4.78, 5) is 13.6. The van der Waals surface area contributed by atoms with Gasteiger partial charge < -0.3 is 10.7 Å². The zero-order valence-electron chi connectivity index (χ0n) is 24.6. The normalized spacial score (nSPS) is 12.1. The second-order valence-electron chi connectivity index (χ2n) is 10.5. The Labute approximate surface area is 267 Å². The maximum Gasteiger partial charge on any atom is 0.181 e. The van der Waals surface area contributed by atoms with Crippen molar-refractivity contribution in [3.8, 4) is 11.1 Å². The smallest absolute Gasteiger partial charge is 0.181 e. The summed E-state index contributed by atoms with van der Waals surface area (Å²) in [7, 11) is 0. The third-order valence-electron chi connectivity index (χ3n) is 7.80. The molecule has 6 rings (SSSR count). The molecular formula is C38H31ClN6. The van der Waals surface area contributed by atoms with Crippen molar-refractivity contribution >= 4 is 58.5 Å². The van der Waals surface area contributed by atoms with Crippen LogP contribution in [0.5, 0.6) is 0 Å². The molecule has 2 N–H and O–H groups in total. The van der Waals surface area contributed by atoms with Crippen LogP contribution in [-0.2, 0) is 12.2 Å². The van der Waals surface area contributed by atoms with E-state index in [1.54, 1.807) is 6.34 Å². The molecule has 0 saturated carbocycles. The van der Waals surface area contributed by atoms with Crippen LogP contribution in [0.15, 0.2) is 149 Å². The number of hydrogen-bond acceptors (Lipinski definition) is 4. The predicted molar refractivity (Wildman–Crippen MR) is 190 cm³/mol. The van der Waals surface area contributed by atoms with Gasteiger partial charge in [0.25, 0.3) is 0 Å². The van der Waals surface area contributed by atoms with E-state index >= 15 is 0 Å². The van der Waals surface area contributed by atoms with E-state index in [2.05, 4.69) is 58.9 Å². The fourth-order valence-corrected chi connectivity index (χ4v) is 6.03. The highest BCUT2D eigenvalue weighted by atomic mass is 35.5. The maximum atomic E-state index is 7.95. The monoisotopic (exact) mass is 606 g/mol. The van der Waals surface area contributed by atoms with Crippen molar-refractivity contribution in [1.82, 2.24) is 9.88 Å². The summed E-state index contributed by atoms with van der Waals surface area (Å²) in [6.45, 7) is 8.07. The van der Waals surface area contributed by atoms with Crippen molar-refractivity contribution in [2.24, 2.45) is 15.0 Å². The number of nitrogens with zero attached hydrogens (tertiary/aromatic N) is 4. The molecule has 6 nitrogen and oxygen atoms in total. The molecule has 0 amide bonds. The van der Waals surface area contributed by atoms with Crippen molar-refractivity contribution in [2.45, 2.75) is 12.2 Å². The van der Waals surface area contributed by atoms with Crippen molar-refractivity contribution in [2.75, 3.05) is 0 Å². The van der Waals surface area contributed by atoms with Gasteiger partial charge in [-0.1, -0.05) is 103 Å². The third-order valence-corrected chi connectivity index (χ3v) is 8.02. The molecular weight excluding hydrogens is 576 g/mol. The average Bonchev–Trinajstić information content (AvgIpc) is 3.41. The number of aliphatic imine (C=N–C) groups is 3. The molecule has 0 aliphatic carbocycles. The van der Waals surface area contributed by atoms with Gasteiger partial charge in [-0.25, -0.2) is 4.99 Å². The minimum absolute atomic E-state index is 0.416. The number of benzene rings is 5. The summed E-state index contributed by atoms with van der Waals surface area (Å²) < 4.78 is 1.98. The summed E-state index contributed by atoms with van der Waals surface area (Å²) >= 11 is 6.64. The molecule has 5 aromatic carbocycles. The Hall–Kier alpha value is -5.59. The van der Waals surface area contributed by atoms with Crippen LogP contribution in [0.4, 0.5) is 0 Å². The van der Waals surface area contributed by atoms with Gasteiger partial charge in [-0.15, -0.1) is 0 Å².